The summed E-state index contributed by atoms with van der Waals surface area (Å²) in [6.07, 6.45) is 9.39. The fourth-order valence-corrected chi connectivity index (χ4v) is 5.02. The first kappa shape index (κ1) is 23.2. The normalized spacial score (nSPS) is 16.2. The zero-order valence-corrected chi connectivity index (χ0v) is 20.0. The topological polar surface area (TPSA) is 85.4 Å². The number of anilines is 1. The van der Waals surface area contributed by atoms with Crippen LogP contribution in [-0.4, -0.2) is 44.1 Å². The summed E-state index contributed by atoms with van der Waals surface area (Å²) in [5, 5.41) is 10.3. The molecule has 180 valence electrons. The van der Waals surface area contributed by atoms with Crippen LogP contribution in [0.4, 0.5) is 5.69 Å². The van der Waals surface area contributed by atoms with Crippen molar-refractivity contribution in [3.8, 4) is 0 Å². The average Bonchev–Trinajstić information content (AvgIpc) is 2.90. The fraction of sp³-hybridized carbons (Fsp3) is 0.321. The molecule has 7 heteroatoms. The van der Waals surface area contributed by atoms with Gasteiger partial charge in [0.15, 0.2) is 5.43 Å². The smallest absolute Gasteiger partial charge is 0.193 e. The van der Waals surface area contributed by atoms with Gasteiger partial charge in [-0.3, -0.25) is 19.7 Å². The number of hydrogen-bond donors (Lipinski definition) is 2. The van der Waals surface area contributed by atoms with E-state index in [1.54, 1.807) is 6.20 Å². The van der Waals surface area contributed by atoms with Crippen LogP contribution in [0, 0.1) is 6.92 Å². The zero-order valence-electron chi connectivity index (χ0n) is 20.0. The number of para-hydroxylation sites is 1. The van der Waals surface area contributed by atoms with Crippen LogP contribution in [0.3, 0.4) is 0 Å². The lowest BCUT2D eigenvalue weighted by molar-refractivity contribution is 0.158. The van der Waals surface area contributed by atoms with Crippen LogP contribution in [0.25, 0.3) is 10.9 Å². The molecule has 7 nitrogen and oxygen atoms in total. The third kappa shape index (κ3) is 5.26. The minimum absolute atomic E-state index is 0.0175. The van der Waals surface area contributed by atoms with Gasteiger partial charge in [-0.1, -0.05) is 12.1 Å². The van der Waals surface area contributed by atoms with Gasteiger partial charge in [-0.15, -0.1) is 0 Å². The van der Waals surface area contributed by atoms with Crippen molar-refractivity contribution in [3.05, 3.63) is 99.9 Å². The van der Waals surface area contributed by atoms with E-state index in [1.165, 1.54) is 5.56 Å². The van der Waals surface area contributed by atoms with Gasteiger partial charge >= 0.3 is 0 Å². The Bertz CT molecular complexity index is 1370. The molecule has 4 heterocycles. The van der Waals surface area contributed by atoms with E-state index in [1.807, 2.05) is 55.8 Å². The number of rotatable bonds is 7. The van der Waals surface area contributed by atoms with Gasteiger partial charge in [0, 0.05) is 73.0 Å². The standard InChI is InChI=1S/C28H31N5O2/c1-20-11-21(8-9-30-20)16-33(17-23-14-31-27-7-3-2-6-26(27)28(23)35)24-5-4-10-32(18-24)25-12-22(19-34)13-29-15-25/h2-3,6-9,11-15,24,34H,4-5,10,16-19H2,1H3,(H,31,35)/t24-/m0/s1. The SMILES string of the molecule is Cc1cc(CN(Cc2c[nH]c3ccccc3c2=O)[C@H]2CCCN(c3cncc(CO)c3)C2)ccn1. The number of pyridine rings is 3. The average molecular weight is 470 g/mol. The van der Waals surface area contributed by atoms with Crippen LogP contribution in [0.1, 0.15) is 35.2 Å². The molecule has 0 aliphatic carbocycles. The monoisotopic (exact) mass is 469 g/mol. The van der Waals surface area contributed by atoms with Gasteiger partial charge in [-0.2, -0.15) is 0 Å². The molecule has 1 aromatic carbocycles. The van der Waals surface area contributed by atoms with Crippen molar-refractivity contribution in [2.75, 3.05) is 18.0 Å². The van der Waals surface area contributed by atoms with E-state index in [0.717, 1.165) is 65.9 Å². The Labute approximate surface area is 205 Å². The zero-order chi connectivity index (χ0) is 24.2. The van der Waals surface area contributed by atoms with Crippen LogP contribution in [-0.2, 0) is 19.7 Å². The lowest BCUT2D eigenvalue weighted by Crippen LogP contribution is -2.48. The molecule has 5 rings (SSSR count). The van der Waals surface area contributed by atoms with Crippen LogP contribution < -0.4 is 10.3 Å². The van der Waals surface area contributed by atoms with Gasteiger partial charge in [0.1, 0.15) is 0 Å². The van der Waals surface area contributed by atoms with Crippen LogP contribution in [0.15, 0.2) is 72.0 Å². The van der Waals surface area contributed by atoms with Crippen molar-refractivity contribution < 1.29 is 5.11 Å². The molecule has 0 spiro atoms. The van der Waals surface area contributed by atoms with E-state index in [0.29, 0.717) is 6.54 Å². The van der Waals surface area contributed by atoms with Crippen molar-refractivity contribution in [2.45, 2.75) is 45.5 Å². The second-order valence-electron chi connectivity index (χ2n) is 9.35. The summed E-state index contributed by atoms with van der Waals surface area (Å²) in [6, 6.07) is 14.1. The van der Waals surface area contributed by atoms with Gasteiger partial charge in [-0.25, -0.2) is 0 Å². The lowest BCUT2D eigenvalue weighted by atomic mass is 10.0. The van der Waals surface area contributed by atoms with E-state index in [2.05, 4.69) is 36.9 Å². The number of aliphatic hydroxyl groups is 1. The van der Waals surface area contributed by atoms with Crippen LogP contribution >= 0.6 is 0 Å². The number of hydrogen-bond acceptors (Lipinski definition) is 6. The molecule has 0 unspecified atom stereocenters. The largest absolute Gasteiger partial charge is 0.392 e. The van der Waals surface area contributed by atoms with Crippen LogP contribution in [0.2, 0.25) is 0 Å². The van der Waals surface area contributed by atoms with E-state index >= 15 is 0 Å². The Hall–Kier alpha value is -3.55. The number of aromatic nitrogens is 3. The fourth-order valence-electron chi connectivity index (χ4n) is 5.02. The van der Waals surface area contributed by atoms with Crippen molar-refractivity contribution in [1.82, 2.24) is 19.9 Å². The van der Waals surface area contributed by atoms with Gasteiger partial charge in [0.05, 0.1) is 18.5 Å². The second-order valence-corrected chi connectivity index (χ2v) is 9.35. The van der Waals surface area contributed by atoms with Gasteiger partial charge in [0.2, 0.25) is 0 Å². The first-order chi connectivity index (χ1) is 17.1. The molecule has 2 N–H and O–H groups in total. The van der Waals surface area contributed by atoms with Gasteiger partial charge < -0.3 is 15.0 Å². The molecule has 4 aromatic rings. The molecular weight excluding hydrogens is 438 g/mol. The molecule has 1 aliphatic rings. The molecule has 1 saturated heterocycles. The van der Waals surface area contributed by atoms with E-state index in [-0.39, 0.29) is 18.1 Å². The Morgan fingerprint density at radius 3 is 2.89 bits per heavy atom. The predicted octanol–water partition coefficient (Wildman–Crippen LogP) is 3.79. The first-order valence-electron chi connectivity index (χ1n) is 12.2. The lowest BCUT2D eigenvalue weighted by Gasteiger charge is -2.40. The number of benzene rings is 1. The maximum absolute atomic E-state index is 13.3. The molecule has 1 atom stereocenters. The predicted molar refractivity (Wildman–Crippen MR) is 138 cm³/mol. The summed E-state index contributed by atoms with van der Waals surface area (Å²) in [5.74, 6) is 0. The van der Waals surface area contributed by atoms with E-state index < -0.39 is 0 Å². The van der Waals surface area contributed by atoms with Gasteiger partial charge in [0.25, 0.3) is 0 Å². The summed E-state index contributed by atoms with van der Waals surface area (Å²) in [5.41, 5.74) is 5.75. The van der Waals surface area contributed by atoms with E-state index in [4.69, 9.17) is 0 Å². The van der Waals surface area contributed by atoms with Crippen molar-refractivity contribution >= 4 is 16.6 Å². The molecule has 35 heavy (non-hydrogen) atoms. The highest BCUT2D eigenvalue weighted by Gasteiger charge is 2.27. The van der Waals surface area contributed by atoms with Crippen molar-refractivity contribution in [1.29, 1.82) is 0 Å². The number of piperidine rings is 1. The number of aromatic amines is 1. The number of nitrogens with zero attached hydrogens (tertiary/aromatic N) is 4. The number of H-pyrrole nitrogens is 1. The Kier molecular flexibility index (Phi) is 6.88. The molecule has 1 fully saturated rings. The maximum Gasteiger partial charge on any atom is 0.193 e. The molecule has 0 amide bonds. The molecule has 0 radical (unpaired) electrons. The third-order valence-corrected chi connectivity index (χ3v) is 6.83. The van der Waals surface area contributed by atoms with Gasteiger partial charge in [-0.05, 0) is 61.2 Å². The minimum Gasteiger partial charge on any atom is -0.392 e. The minimum atomic E-state index is -0.0175. The third-order valence-electron chi connectivity index (χ3n) is 6.83. The molecular formula is C28H31N5O2. The highest BCUT2D eigenvalue weighted by Crippen LogP contribution is 2.25. The Morgan fingerprint density at radius 1 is 1.14 bits per heavy atom. The number of aliphatic hydroxyl groups excluding tert-OH is 1. The molecule has 3 aromatic heterocycles. The summed E-state index contributed by atoms with van der Waals surface area (Å²) in [7, 11) is 0. The molecule has 0 bridgehead atoms. The highest BCUT2D eigenvalue weighted by atomic mass is 16.3. The second kappa shape index (κ2) is 10.4. The number of aryl methyl sites for hydroxylation is 1. The Balaban J connectivity index is 1.45. The maximum atomic E-state index is 13.3. The van der Waals surface area contributed by atoms with Crippen LogP contribution in [0.5, 0.6) is 0 Å². The van der Waals surface area contributed by atoms with Crippen molar-refractivity contribution in [3.63, 3.8) is 0 Å². The first-order valence-corrected chi connectivity index (χ1v) is 12.2. The van der Waals surface area contributed by atoms with E-state index in [9.17, 15) is 9.90 Å². The summed E-state index contributed by atoms with van der Waals surface area (Å²) >= 11 is 0. The number of nitrogens with one attached hydrogen (secondary N) is 1. The van der Waals surface area contributed by atoms with Crippen molar-refractivity contribution in [2.24, 2.45) is 0 Å². The molecule has 1 aliphatic heterocycles. The highest BCUT2D eigenvalue weighted by molar-refractivity contribution is 5.78. The number of fused-ring (bicyclic) bond motifs is 1. The summed E-state index contributed by atoms with van der Waals surface area (Å²) in [4.78, 5) is 30.1. The Morgan fingerprint density at radius 2 is 2.03 bits per heavy atom. The molecule has 0 saturated carbocycles. The quantitative estimate of drug-likeness (QED) is 0.428. The summed E-state index contributed by atoms with van der Waals surface area (Å²) in [6.45, 7) is 5.08. The summed E-state index contributed by atoms with van der Waals surface area (Å²) < 4.78 is 0.